The lowest BCUT2D eigenvalue weighted by Crippen LogP contribution is -2.05. The van der Waals surface area contributed by atoms with Gasteiger partial charge >= 0.3 is 5.97 Å². The van der Waals surface area contributed by atoms with Crippen molar-refractivity contribution in [3.05, 3.63) is 23.8 Å². The van der Waals surface area contributed by atoms with Gasteiger partial charge in [-0.25, -0.2) is 9.48 Å². The Morgan fingerprint density at radius 1 is 1.35 bits per heavy atom. The van der Waals surface area contributed by atoms with E-state index in [9.17, 15) is 4.79 Å². The fourth-order valence-corrected chi connectivity index (χ4v) is 1.94. The molecule has 0 unspecified atom stereocenters. The summed E-state index contributed by atoms with van der Waals surface area (Å²) in [4.78, 5) is 10.9. The molecule has 2 aromatic rings. The summed E-state index contributed by atoms with van der Waals surface area (Å²) in [5, 5.41) is 17.0. The molecule has 0 radical (unpaired) electrons. The molecule has 1 aromatic carbocycles. The van der Waals surface area contributed by atoms with Crippen molar-refractivity contribution >= 4 is 17.0 Å². The number of hydrogen-bond donors (Lipinski definition) is 1. The molecule has 0 aliphatic carbocycles. The Bertz CT molecular complexity index is 580. The van der Waals surface area contributed by atoms with Crippen molar-refractivity contribution < 1.29 is 14.6 Å². The van der Waals surface area contributed by atoms with Crippen molar-refractivity contribution in [1.82, 2.24) is 15.0 Å². The Hall–Kier alpha value is -1.95. The van der Waals surface area contributed by atoms with E-state index in [1.54, 1.807) is 22.9 Å². The molecule has 6 heteroatoms. The predicted octanol–water partition coefficient (Wildman–Crippen LogP) is 2.34. The number of aryl methyl sites for hydroxylation is 1. The van der Waals surface area contributed by atoms with Gasteiger partial charge in [-0.2, -0.15) is 0 Å². The highest BCUT2D eigenvalue weighted by molar-refractivity contribution is 5.92. The molecule has 0 saturated carbocycles. The van der Waals surface area contributed by atoms with Crippen molar-refractivity contribution in [2.24, 2.45) is 0 Å². The molecule has 108 valence electrons. The van der Waals surface area contributed by atoms with Crippen molar-refractivity contribution in [1.29, 1.82) is 0 Å². The fraction of sp³-hybridized carbons (Fsp3) is 0.500. The second-order valence-corrected chi connectivity index (χ2v) is 4.64. The molecule has 6 nitrogen and oxygen atoms in total. The van der Waals surface area contributed by atoms with Crippen LogP contribution in [-0.2, 0) is 11.3 Å². The average molecular weight is 277 g/mol. The van der Waals surface area contributed by atoms with Crippen molar-refractivity contribution in [3.63, 3.8) is 0 Å². The quantitative estimate of drug-likeness (QED) is 0.749. The van der Waals surface area contributed by atoms with Gasteiger partial charge in [-0.05, 0) is 31.0 Å². The predicted molar refractivity (Wildman–Crippen MR) is 74.8 cm³/mol. The summed E-state index contributed by atoms with van der Waals surface area (Å²) in [6.07, 6.45) is 3.09. The average Bonchev–Trinajstić information content (AvgIpc) is 2.85. The molecule has 0 spiro atoms. The number of hydrogen-bond acceptors (Lipinski definition) is 4. The van der Waals surface area contributed by atoms with Gasteiger partial charge in [-0.3, -0.25) is 0 Å². The molecular formula is C14H19N3O3. The number of carboxylic acid groups (broad SMARTS) is 1. The van der Waals surface area contributed by atoms with Gasteiger partial charge in [0, 0.05) is 19.8 Å². The number of aromatic nitrogens is 3. The van der Waals surface area contributed by atoms with Crippen LogP contribution >= 0.6 is 0 Å². The maximum atomic E-state index is 10.9. The highest BCUT2D eigenvalue weighted by Crippen LogP contribution is 2.13. The van der Waals surface area contributed by atoms with Crippen LogP contribution in [0.25, 0.3) is 11.0 Å². The number of ether oxygens (including phenoxy) is 1. The Morgan fingerprint density at radius 3 is 2.90 bits per heavy atom. The molecule has 0 saturated heterocycles. The normalized spacial score (nSPS) is 11.1. The number of rotatable bonds is 8. The number of nitrogens with zero attached hydrogens (tertiary/aromatic N) is 3. The van der Waals surface area contributed by atoms with E-state index >= 15 is 0 Å². The standard InChI is InChI=1S/C14H19N3O3/c1-2-3-8-20-9-4-7-17-13-6-5-11(14(18)19)10-12(13)15-16-17/h5-6,10H,2-4,7-9H2,1H3,(H,18,19). The third-order valence-corrected chi connectivity index (χ3v) is 3.06. The van der Waals surface area contributed by atoms with Crippen LogP contribution in [0.3, 0.4) is 0 Å². The van der Waals surface area contributed by atoms with Crippen molar-refractivity contribution in [2.45, 2.75) is 32.7 Å². The number of fused-ring (bicyclic) bond motifs is 1. The molecule has 0 bridgehead atoms. The summed E-state index contributed by atoms with van der Waals surface area (Å²) < 4.78 is 7.28. The number of benzene rings is 1. The van der Waals surface area contributed by atoms with E-state index in [2.05, 4.69) is 17.2 Å². The number of aromatic carboxylic acids is 1. The first kappa shape index (κ1) is 14.5. The van der Waals surface area contributed by atoms with Crippen LogP contribution in [0, 0.1) is 0 Å². The van der Waals surface area contributed by atoms with E-state index in [-0.39, 0.29) is 5.56 Å². The van der Waals surface area contributed by atoms with Crippen LogP contribution < -0.4 is 0 Å². The largest absolute Gasteiger partial charge is 0.478 e. The van der Waals surface area contributed by atoms with Gasteiger partial charge < -0.3 is 9.84 Å². The lowest BCUT2D eigenvalue weighted by Gasteiger charge is -2.04. The monoisotopic (exact) mass is 277 g/mol. The van der Waals surface area contributed by atoms with Crippen LogP contribution in [-0.4, -0.2) is 39.3 Å². The third-order valence-electron chi connectivity index (χ3n) is 3.06. The zero-order valence-corrected chi connectivity index (χ0v) is 11.6. The SMILES string of the molecule is CCCCOCCCn1nnc2cc(C(=O)O)ccc21. The number of unbranched alkanes of at least 4 members (excludes halogenated alkanes) is 1. The molecule has 1 aromatic heterocycles. The van der Waals surface area contributed by atoms with Crippen LogP contribution in [0.15, 0.2) is 18.2 Å². The second kappa shape index (κ2) is 7.00. The molecule has 0 aliphatic rings. The van der Waals surface area contributed by atoms with Gasteiger partial charge in [0.1, 0.15) is 5.52 Å². The summed E-state index contributed by atoms with van der Waals surface area (Å²) in [6, 6.07) is 4.86. The Morgan fingerprint density at radius 2 is 2.15 bits per heavy atom. The van der Waals surface area contributed by atoms with Crippen molar-refractivity contribution in [3.8, 4) is 0 Å². The van der Waals surface area contributed by atoms with Crippen LogP contribution in [0.4, 0.5) is 0 Å². The van der Waals surface area contributed by atoms with Crippen LogP contribution in [0.1, 0.15) is 36.5 Å². The highest BCUT2D eigenvalue weighted by Gasteiger charge is 2.08. The van der Waals surface area contributed by atoms with Gasteiger partial charge in [0.2, 0.25) is 0 Å². The number of carbonyl (C=O) groups is 1. The molecule has 0 amide bonds. The minimum absolute atomic E-state index is 0.229. The van der Waals surface area contributed by atoms with Crippen molar-refractivity contribution in [2.75, 3.05) is 13.2 Å². The smallest absolute Gasteiger partial charge is 0.335 e. The molecule has 0 fully saturated rings. The van der Waals surface area contributed by atoms with E-state index in [0.717, 1.165) is 37.9 Å². The summed E-state index contributed by atoms with van der Waals surface area (Å²) >= 11 is 0. The van der Waals surface area contributed by atoms with E-state index < -0.39 is 5.97 Å². The summed E-state index contributed by atoms with van der Waals surface area (Å²) in [5.41, 5.74) is 1.69. The van der Waals surface area contributed by atoms with Gasteiger partial charge in [-0.1, -0.05) is 18.6 Å². The Labute approximate surface area is 117 Å². The summed E-state index contributed by atoms with van der Waals surface area (Å²) in [5.74, 6) is -0.953. The second-order valence-electron chi connectivity index (χ2n) is 4.64. The molecule has 1 heterocycles. The molecular weight excluding hydrogens is 258 g/mol. The first-order valence-corrected chi connectivity index (χ1v) is 6.86. The molecule has 2 rings (SSSR count). The van der Waals surface area contributed by atoms with E-state index in [1.807, 2.05) is 0 Å². The first-order chi connectivity index (χ1) is 9.72. The van der Waals surface area contributed by atoms with E-state index in [4.69, 9.17) is 9.84 Å². The topological polar surface area (TPSA) is 77.2 Å². The number of carboxylic acids is 1. The minimum atomic E-state index is -0.953. The third kappa shape index (κ3) is 3.54. The summed E-state index contributed by atoms with van der Waals surface area (Å²) in [7, 11) is 0. The Kier molecular flexibility index (Phi) is 5.06. The highest BCUT2D eigenvalue weighted by atomic mass is 16.5. The van der Waals surface area contributed by atoms with Crippen LogP contribution in [0.2, 0.25) is 0 Å². The van der Waals surface area contributed by atoms with E-state index in [1.165, 1.54) is 0 Å². The maximum absolute atomic E-state index is 10.9. The minimum Gasteiger partial charge on any atom is -0.478 e. The van der Waals surface area contributed by atoms with Gasteiger partial charge in [-0.15, -0.1) is 5.10 Å². The Balaban J connectivity index is 1.92. The summed E-state index contributed by atoms with van der Waals surface area (Å²) in [6.45, 7) is 4.36. The van der Waals surface area contributed by atoms with Gasteiger partial charge in [0.25, 0.3) is 0 Å². The molecule has 0 atom stereocenters. The lowest BCUT2D eigenvalue weighted by molar-refractivity contribution is 0.0697. The van der Waals surface area contributed by atoms with Gasteiger partial charge in [0.05, 0.1) is 11.1 Å². The lowest BCUT2D eigenvalue weighted by atomic mass is 10.2. The van der Waals surface area contributed by atoms with Gasteiger partial charge in [0.15, 0.2) is 0 Å². The van der Waals surface area contributed by atoms with Crippen LogP contribution in [0.5, 0.6) is 0 Å². The zero-order valence-electron chi connectivity index (χ0n) is 11.6. The van der Waals surface area contributed by atoms with E-state index in [0.29, 0.717) is 12.1 Å². The maximum Gasteiger partial charge on any atom is 0.335 e. The first-order valence-electron chi connectivity index (χ1n) is 6.86. The zero-order chi connectivity index (χ0) is 14.4. The molecule has 20 heavy (non-hydrogen) atoms. The molecule has 1 N–H and O–H groups in total. The fourth-order valence-electron chi connectivity index (χ4n) is 1.94. The molecule has 0 aliphatic heterocycles.